The first-order valence-corrected chi connectivity index (χ1v) is 6.69. The fraction of sp³-hybridized carbons (Fsp3) is 0.467. The quantitative estimate of drug-likeness (QED) is 0.820. The van der Waals surface area contributed by atoms with Crippen LogP contribution in [0.3, 0.4) is 0 Å². The summed E-state index contributed by atoms with van der Waals surface area (Å²) in [7, 11) is 0. The van der Waals surface area contributed by atoms with Crippen molar-refractivity contribution < 1.29 is 9.59 Å². The van der Waals surface area contributed by atoms with E-state index in [0.717, 1.165) is 25.8 Å². The first kappa shape index (κ1) is 13.7. The molecule has 0 spiro atoms. The number of carbonyl (C=O) groups excluding carboxylic acids is 2. The second kappa shape index (κ2) is 5.53. The lowest BCUT2D eigenvalue weighted by Gasteiger charge is -2.33. The van der Waals surface area contributed by atoms with Crippen LogP contribution in [0.2, 0.25) is 0 Å². The topological polar surface area (TPSA) is 58.2 Å². The van der Waals surface area contributed by atoms with Crippen LogP contribution in [0.1, 0.15) is 43.5 Å². The van der Waals surface area contributed by atoms with Gasteiger partial charge in [0.25, 0.3) is 0 Å². The molecule has 0 radical (unpaired) electrons. The van der Waals surface area contributed by atoms with Gasteiger partial charge in [-0.25, -0.2) is 0 Å². The van der Waals surface area contributed by atoms with Crippen molar-refractivity contribution in [1.82, 2.24) is 5.32 Å². The van der Waals surface area contributed by atoms with Crippen LogP contribution in [0, 0.1) is 0 Å². The number of anilines is 1. The maximum absolute atomic E-state index is 12.3. The fourth-order valence-corrected chi connectivity index (χ4v) is 2.34. The molecular weight excluding hydrogens is 240 g/mol. The van der Waals surface area contributed by atoms with Gasteiger partial charge >= 0.3 is 0 Å². The number of hydrogen-bond acceptors (Lipinski definition) is 3. The van der Waals surface area contributed by atoms with Gasteiger partial charge in [-0.1, -0.05) is 12.1 Å². The average Bonchev–Trinajstić information content (AvgIpc) is 2.40. The molecule has 1 unspecified atom stereocenters. The van der Waals surface area contributed by atoms with E-state index in [1.807, 2.05) is 6.92 Å². The van der Waals surface area contributed by atoms with Crippen LogP contribution in [0.25, 0.3) is 0 Å². The van der Waals surface area contributed by atoms with Gasteiger partial charge in [-0.3, -0.25) is 9.59 Å². The van der Waals surface area contributed by atoms with E-state index in [1.165, 1.54) is 6.92 Å². The minimum absolute atomic E-state index is 0.00176. The minimum Gasteiger partial charge on any atom is -0.324 e. The molecular formula is C15H20N2O2. The van der Waals surface area contributed by atoms with E-state index in [2.05, 4.69) is 10.6 Å². The molecule has 2 N–H and O–H groups in total. The van der Waals surface area contributed by atoms with E-state index in [1.54, 1.807) is 24.3 Å². The molecule has 0 aromatic heterocycles. The number of hydrogen-bond donors (Lipinski definition) is 2. The van der Waals surface area contributed by atoms with Crippen molar-refractivity contribution in [3.05, 3.63) is 29.8 Å². The molecule has 1 aromatic rings. The monoisotopic (exact) mass is 260 g/mol. The SMILES string of the molecule is CC(=O)c1cccc(NC(=O)C2(C)CCCCN2)c1. The third-order valence-electron chi connectivity index (χ3n) is 3.65. The summed E-state index contributed by atoms with van der Waals surface area (Å²) in [5, 5.41) is 6.17. The molecule has 2 rings (SSSR count). The average molecular weight is 260 g/mol. The summed E-state index contributed by atoms with van der Waals surface area (Å²) in [6.07, 6.45) is 3.01. The standard InChI is InChI=1S/C15H20N2O2/c1-11(18)12-6-5-7-13(10-12)17-14(19)15(2)8-3-4-9-16-15/h5-7,10,16H,3-4,8-9H2,1-2H3,(H,17,19). The summed E-state index contributed by atoms with van der Waals surface area (Å²) in [6.45, 7) is 4.32. The molecule has 1 fully saturated rings. The van der Waals surface area contributed by atoms with Crippen molar-refractivity contribution in [1.29, 1.82) is 0 Å². The first-order valence-electron chi connectivity index (χ1n) is 6.69. The Bertz CT molecular complexity index is 491. The van der Waals surface area contributed by atoms with Crippen LogP contribution < -0.4 is 10.6 Å². The van der Waals surface area contributed by atoms with Crippen molar-refractivity contribution in [3.8, 4) is 0 Å². The number of piperidine rings is 1. The summed E-state index contributed by atoms with van der Waals surface area (Å²) in [5.41, 5.74) is 0.774. The molecule has 1 aliphatic heterocycles. The first-order chi connectivity index (χ1) is 9.01. The van der Waals surface area contributed by atoms with E-state index in [4.69, 9.17) is 0 Å². The molecule has 1 aromatic carbocycles. The van der Waals surface area contributed by atoms with Gasteiger partial charge in [-0.15, -0.1) is 0 Å². The minimum atomic E-state index is -0.509. The van der Waals surface area contributed by atoms with Crippen LogP contribution in [-0.2, 0) is 4.79 Å². The number of carbonyl (C=O) groups is 2. The van der Waals surface area contributed by atoms with Gasteiger partial charge in [0.2, 0.25) is 5.91 Å². The Morgan fingerprint density at radius 3 is 2.74 bits per heavy atom. The zero-order valence-corrected chi connectivity index (χ0v) is 11.5. The molecule has 4 heteroatoms. The van der Waals surface area contributed by atoms with Crippen molar-refractivity contribution in [3.63, 3.8) is 0 Å². The molecule has 0 bridgehead atoms. The van der Waals surface area contributed by atoms with Gasteiger partial charge in [0, 0.05) is 11.3 Å². The van der Waals surface area contributed by atoms with Gasteiger partial charge in [0.05, 0.1) is 5.54 Å². The lowest BCUT2D eigenvalue weighted by atomic mass is 9.90. The molecule has 0 aliphatic carbocycles. The van der Waals surface area contributed by atoms with Crippen LogP contribution in [0.4, 0.5) is 5.69 Å². The Morgan fingerprint density at radius 2 is 2.11 bits per heavy atom. The summed E-state index contributed by atoms with van der Waals surface area (Å²) in [4.78, 5) is 23.6. The third kappa shape index (κ3) is 3.20. The highest BCUT2D eigenvalue weighted by molar-refractivity contribution is 6.00. The van der Waals surface area contributed by atoms with Crippen molar-refractivity contribution >= 4 is 17.4 Å². The second-order valence-corrected chi connectivity index (χ2v) is 5.31. The van der Waals surface area contributed by atoms with Gasteiger partial charge in [0.15, 0.2) is 5.78 Å². The highest BCUT2D eigenvalue weighted by atomic mass is 16.2. The largest absolute Gasteiger partial charge is 0.324 e. The van der Waals surface area contributed by atoms with Gasteiger partial charge in [0.1, 0.15) is 0 Å². The number of amides is 1. The highest BCUT2D eigenvalue weighted by Crippen LogP contribution is 2.21. The summed E-state index contributed by atoms with van der Waals surface area (Å²) >= 11 is 0. The number of benzene rings is 1. The molecule has 1 saturated heterocycles. The van der Waals surface area contributed by atoms with Gasteiger partial charge in [-0.05, 0) is 51.8 Å². The van der Waals surface area contributed by atoms with Crippen LogP contribution >= 0.6 is 0 Å². The molecule has 102 valence electrons. The lowest BCUT2D eigenvalue weighted by Crippen LogP contribution is -2.54. The predicted molar refractivity (Wildman–Crippen MR) is 75.3 cm³/mol. The predicted octanol–water partition coefficient (Wildman–Crippen LogP) is 2.36. The van der Waals surface area contributed by atoms with E-state index in [0.29, 0.717) is 11.3 Å². The Hall–Kier alpha value is -1.68. The third-order valence-corrected chi connectivity index (χ3v) is 3.65. The molecule has 19 heavy (non-hydrogen) atoms. The number of rotatable bonds is 3. The Morgan fingerprint density at radius 1 is 1.32 bits per heavy atom. The normalized spacial score (nSPS) is 22.8. The Balaban J connectivity index is 2.10. The molecule has 4 nitrogen and oxygen atoms in total. The van der Waals surface area contributed by atoms with Crippen molar-refractivity contribution in [2.24, 2.45) is 0 Å². The van der Waals surface area contributed by atoms with Gasteiger partial charge in [-0.2, -0.15) is 0 Å². The van der Waals surface area contributed by atoms with E-state index in [-0.39, 0.29) is 11.7 Å². The van der Waals surface area contributed by atoms with Crippen molar-refractivity contribution in [2.45, 2.75) is 38.6 Å². The molecule has 1 heterocycles. The molecule has 1 atom stereocenters. The van der Waals surface area contributed by atoms with E-state index in [9.17, 15) is 9.59 Å². The number of ketones is 1. The van der Waals surface area contributed by atoms with Crippen molar-refractivity contribution in [2.75, 3.05) is 11.9 Å². The van der Waals surface area contributed by atoms with Crippen LogP contribution in [-0.4, -0.2) is 23.8 Å². The fourth-order valence-electron chi connectivity index (χ4n) is 2.34. The zero-order valence-electron chi connectivity index (χ0n) is 11.5. The van der Waals surface area contributed by atoms with Crippen LogP contribution in [0.5, 0.6) is 0 Å². The summed E-state index contributed by atoms with van der Waals surface area (Å²) < 4.78 is 0. The molecule has 1 aliphatic rings. The second-order valence-electron chi connectivity index (χ2n) is 5.31. The summed E-state index contributed by atoms with van der Waals surface area (Å²) in [6, 6.07) is 7.05. The molecule has 0 saturated carbocycles. The summed E-state index contributed by atoms with van der Waals surface area (Å²) in [5.74, 6) is -0.0361. The van der Waals surface area contributed by atoms with E-state index >= 15 is 0 Å². The zero-order chi connectivity index (χ0) is 13.9. The molecule has 1 amide bonds. The number of nitrogens with one attached hydrogen (secondary N) is 2. The Labute approximate surface area is 113 Å². The van der Waals surface area contributed by atoms with Gasteiger partial charge < -0.3 is 10.6 Å². The lowest BCUT2D eigenvalue weighted by molar-refractivity contribution is -0.122. The highest BCUT2D eigenvalue weighted by Gasteiger charge is 2.34. The maximum atomic E-state index is 12.3. The van der Waals surface area contributed by atoms with E-state index < -0.39 is 5.54 Å². The number of Topliss-reactive ketones (excluding diaryl/α,β-unsaturated/α-hetero) is 1. The maximum Gasteiger partial charge on any atom is 0.244 e. The van der Waals surface area contributed by atoms with Crippen LogP contribution in [0.15, 0.2) is 24.3 Å². The Kier molecular flexibility index (Phi) is 4.00. The smallest absolute Gasteiger partial charge is 0.244 e.